The van der Waals surface area contributed by atoms with Gasteiger partial charge in [0.15, 0.2) is 9.84 Å². The summed E-state index contributed by atoms with van der Waals surface area (Å²) in [6, 6.07) is 3.64. The first-order chi connectivity index (χ1) is 11.6. The molecule has 2 rings (SSSR count). The Kier molecular flexibility index (Phi) is 5.87. The van der Waals surface area contributed by atoms with Gasteiger partial charge in [-0.1, -0.05) is 17.7 Å². The van der Waals surface area contributed by atoms with Crippen LogP contribution in [0.1, 0.15) is 36.5 Å². The highest BCUT2D eigenvalue weighted by Gasteiger charge is 2.34. The Morgan fingerprint density at radius 3 is 2.28 bits per heavy atom. The summed E-state index contributed by atoms with van der Waals surface area (Å²) in [7, 11) is -3.07. The third-order valence-electron chi connectivity index (χ3n) is 4.56. The van der Waals surface area contributed by atoms with Crippen molar-refractivity contribution in [3.05, 3.63) is 28.8 Å². The smallest absolute Gasteiger partial charge is 0.233 e. The number of nitrogens with one attached hydrogen (secondary N) is 1. The van der Waals surface area contributed by atoms with E-state index in [4.69, 9.17) is 0 Å². The Bertz CT molecular complexity index is 763. The molecule has 1 heterocycles. The molecule has 7 heteroatoms. The zero-order valence-corrected chi connectivity index (χ0v) is 16.1. The maximum atomic E-state index is 12.5. The molecular formula is C18H26N2O4S. The quantitative estimate of drug-likeness (QED) is 0.808. The summed E-state index contributed by atoms with van der Waals surface area (Å²) in [5.74, 6) is -0.608. The predicted octanol–water partition coefficient (Wildman–Crippen LogP) is 1.98. The Morgan fingerprint density at radius 2 is 1.80 bits per heavy atom. The van der Waals surface area contributed by atoms with Gasteiger partial charge in [0.2, 0.25) is 11.8 Å². The minimum absolute atomic E-state index is 0.00955. The van der Waals surface area contributed by atoms with E-state index in [0.717, 1.165) is 22.4 Å². The van der Waals surface area contributed by atoms with E-state index in [1.165, 1.54) is 4.90 Å². The molecule has 0 aliphatic carbocycles. The average Bonchev–Trinajstić information content (AvgIpc) is 2.83. The van der Waals surface area contributed by atoms with Crippen LogP contribution in [0.25, 0.3) is 0 Å². The SMILES string of the molecule is CCN(C(=O)CC(=O)Nc1c(C)cc(C)cc1C)C1CCS(=O)(=O)C1. The number of anilines is 1. The molecule has 0 spiro atoms. The molecule has 1 atom stereocenters. The molecule has 1 aromatic carbocycles. The van der Waals surface area contributed by atoms with Crippen molar-refractivity contribution in [3.63, 3.8) is 0 Å². The lowest BCUT2D eigenvalue weighted by atomic mass is 10.0. The third kappa shape index (κ3) is 4.81. The van der Waals surface area contributed by atoms with Crippen LogP contribution in [0.2, 0.25) is 0 Å². The van der Waals surface area contributed by atoms with Crippen LogP contribution in [0, 0.1) is 20.8 Å². The van der Waals surface area contributed by atoms with Gasteiger partial charge in [0.05, 0.1) is 11.5 Å². The molecule has 25 heavy (non-hydrogen) atoms. The van der Waals surface area contributed by atoms with Crippen LogP contribution >= 0.6 is 0 Å². The van der Waals surface area contributed by atoms with E-state index in [2.05, 4.69) is 5.32 Å². The Morgan fingerprint density at radius 1 is 1.20 bits per heavy atom. The van der Waals surface area contributed by atoms with Gasteiger partial charge >= 0.3 is 0 Å². The molecule has 0 radical (unpaired) electrons. The molecule has 1 fully saturated rings. The van der Waals surface area contributed by atoms with Gasteiger partial charge in [-0.3, -0.25) is 9.59 Å². The van der Waals surface area contributed by atoms with E-state index in [-0.39, 0.29) is 35.8 Å². The summed E-state index contributed by atoms with van der Waals surface area (Å²) < 4.78 is 23.3. The van der Waals surface area contributed by atoms with Crippen molar-refractivity contribution in [1.29, 1.82) is 0 Å². The monoisotopic (exact) mass is 366 g/mol. The van der Waals surface area contributed by atoms with Crippen molar-refractivity contribution >= 4 is 27.3 Å². The molecule has 1 saturated heterocycles. The summed E-state index contributed by atoms with van der Waals surface area (Å²) in [6.07, 6.45) is 0.164. The fourth-order valence-corrected chi connectivity index (χ4v) is 5.19. The van der Waals surface area contributed by atoms with Crippen molar-refractivity contribution in [2.45, 2.75) is 46.6 Å². The van der Waals surface area contributed by atoms with Gasteiger partial charge in [-0.05, 0) is 45.2 Å². The lowest BCUT2D eigenvalue weighted by Crippen LogP contribution is -2.42. The predicted molar refractivity (Wildman–Crippen MR) is 98.3 cm³/mol. The van der Waals surface area contributed by atoms with Gasteiger partial charge in [0.25, 0.3) is 0 Å². The first kappa shape index (κ1) is 19.4. The number of hydrogen-bond acceptors (Lipinski definition) is 4. The number of carbonyl (C=O) groups is 2. The van der Waals surface area contributed by atoms with E-state index >= 15 is 0 Å². The molecule has 6 nitrogen and oxygen atoms in total. The maximum Gasteiger partial charge on any atom is 0.233 e. The van der Waals surface area contributed by atoms with Crippen molar-refractivity contribution < 1.29 is 18.0 Å². The minimum Gasteiger partial charge on any atom is -0.338 e. The van der Waals surface area contributed by atoms with E-state index in [0.29, 0.717) is 13.0 Å². The second-order valence-corrected chi connectivity index (χ2v) is 8.96. The van der Waals surface area contributed by atoms with E-state index in [9.17, 15) is 18.0 Å². The van der Waals surface area contributed by atoms with Crippen molar-refractivity contribution in [2.24, 2.45) is 0 Å². The average molecular weight is 366 g/mol. The second kappa shape index (κ2) is 7.56. The molecule has 1 aliphatic rings. The Hall–Kier alpha value is -1.89. The summed E-state index contributed by atoms with van der Waals surface area (Å²) in [5, 5.41) is 2.82. The van der Waals surface area contributed by atoms with Gasteiger partial charge in [0.1, 0.15) is 6.42 Å². The van der Waals surface area contributed by atoms with Gasteiger partial charge in [-0.15, -0.1) is 0 Å². The number of hydrogen-bond donors (Lipinski definition) is 1. The largest absolute Gasteiger partial charge is 0.338 e. The number of amides is 2. The standard InChI is InChI=1S/C18H26N2O4S/c1-5-20(15-6-7-25(23,24)11-15)17(22)10-16(21)19-18-13(3)8-12(2)9-14(18)4/h8-9,15H,5-7,10-11H2,1-4H3,(H,19,21). The maximum absolute atomic E-state index is 12.5. The highest BCUT2D eigenvalue weighted by atomic mass is 32.2. The van der Waals surface area contributed by atoms with E-state index in [1.807, 2.05) is 32.9 Å². The van der Waals surface area contributed by atoms with Crippen LogP contribution in [0.4, 0.5) is 5.69 Å². The third-order valence-corrected chi connectivity index (χ3v) is 6.31. The van der Waals surface area contributed by atoms with Crippen LogP contribution in [0.5, 0.6) is 0 Å². The first-order valence-electron chi connectivity index (χ1n) is 8.50. The van der Waals surface area contributed by atoms with Crippen molar-refractivity contribution in [2.75, 3.05) is 23.4 Å². The second-order valence-electron chi connectivity index (χ2n) is 6.74. The van der Waals surface area contributed by atoms with Crippen LogP contribution < -0.4 is 5.32 Å². The van der Waals surface area contributed by atoms with Crippen molar-refractivity contribution in [3.8, 4) is 0 Å². The highest BCUT2D eigenvalue weighted by Crippen LogP contribution is 2.23. The normalized spacial score (nSPS) is 18.8. The molecule has 0 saturated carbocycles. The number of rotatable bonds is 5. The van der Waals surface area contributed by atoms with Crippen molar-refractivity contribution in [1.82, 2.24) is 4.90 Å². The number of sulfone groups is 1. The topological polar surface area (TPSA) is 83.6 Å². The first-order valence-corrected chi connectivity index (χ1v) is 10.3. The Labute approximate surface area is 149 Å². The minimum atomic E-state index is -3.07. The lowest BCUT2D eigenvalue weighted by molar-refractivity contribution is -0.135. The van der Waals surface area contributed by atoms with Gasteiger partial charge < -0.3 is 10.2 Å². The molecule has 2 amide bonds. The molecule has 1 N–H and O–H groups in total. The number of carbonyl (C=O) groups excluding carboxylic acids is 2. The van der Waals surface area contributed by atoms with Gasteiger partial charge in [-0.2, -0.15) is 0 Å². The highest BCUT2D eigenvalue weighted by molar-refractivity contribution is 7.91. The van der Waals surface area contributed by atoms with Gasteiger partial charge in [0, 0.05) is 18.3 Å². The van der Waals surface area contributed by atoms with Crippen LogP contribution in [-0.4, -0.2) is 49.2 Å². The number of aryl methyl sites for hydroxylation is 3. The van der Waals surface area contributed by atoms with Crippen LogP contribution in [-0.2, 0) is 19.4 Å². The molecule has 1 aromatic rings. The fraction of sp³-hybridized carbons (Fsp3) is 0.556. The van der Waals surface area contributed by atoms with E-state index in [1.54, 1.807) is 6.92 Å². The Balaban J connectivity index is 2.03. The number of nitrogens with zero attached hydrogens (tertiary/aromatic N) is 1. The molecular weight excluding hydrogens is 340 g/mol. The molecule has 1 unspecified atom stereocenters. The summed E-state index contributed by atoms with van der Waals surface area (Å²) >= 11 is 0. The van der Waals surface area contributed by atoms with Crippen LogP contribution in [0.15, 0.2) is 12.1 Å². The summed E-state index contributed by atoms with van der Waals surface area (Å²) in [4.78, 5) is 26.3. The fourth-order valence-electron chi connectivity index (χ4n) is 3.46. The van der Waals surface area contributed by atoms with Crippen LogP contribution in [0.3, 0.4) is 0 Å². The summed E-state index contributed by atoms with van der Waals surface area (Å²) in [5.41, 5.74) is 3.75. The molecule has 0 bridgehead atoms. The zero-order valence-electron chi connectivity index (χ0n) is 15.3. The summed E-state index contributed by atoms with van der Waals surface area (Å²) in [6.45, 7) is 8.02. The molecule has 0 aromatic heterocycles. The lowest BCUT2D eigenvalue weighted by Gasteiger charge is -2.26. The number of benzene rings is 1. The zero-order chi connectivity index (χ0) is 18.8. The van der Waals surface area contributed by atoms with E-state index < -0.39 is 9.84 Å². The molecule has 1 aliphatic heterocycles. The molecule has 138 valence electrons. The van der Waals surface area contributed by atoms with Gasteiger partial charge in [-0.25, -0.2) is 8.42 Å².